The van der Waals surface area contributed by atoms with Gasteiger partial charge in [-0.2, -0.15) is 4.31 Å². The molecule has 1 fully saturated rings. The van der Waals surface area contributed by atoms with Crippen LogP contribution in [0.5, 0.6) is 0 Å². The van der Waals surface area contributed by atoms with Gasteiger partial charge in [0, 0.05) is 24.2 Å². The average molecular weight is 422 g/mol. The van der Waals surface area contributed by atoms with Crippen LogP contribution in [0.1, 0.15) is 27.4 Å². The number of morpholine rings is 1. The van der Waals surface area contributed by atoms with E-state index in [-0.39, 0.29) is 16.9 Å². The monoisotopic (exact) mass is 422 g/mol. The van der Waals surface area contributed by atoms with Crippen LogP contribution in [0.15, 0.2) is 33.7 Å². The molecule has 0 radical (unpaired) electrons. The molecule has 0 saturated carbocycles. The van der Waals surface area contributed by atoms with Crippen LogP contribution in [-0.4, -0.2) is 62.5 Å². The third-order valence-corrected chi connectivity index (χ3v) is 6.56. The number of Topliss-reactive ketones (excluding diaryl/α,β-unsaturated/α-hetero) is 1. The van der Waals surface area contributed by atoms with Gasteiger partial charge in [-0.3, -0.25) is 9.59 Å². The Morgan fingerprint density at radius 1 is 1.14 bits per heavy atom. The van der Waals surface area contributed by atoms with Crippen LogP contribution in [0, 0.1) is 13.8 Å². The first-order chi connectivity index (χ1) is 13.8. The van der Waals surface area contributed by atoms with E-state index in [1.165, 1.54) is 28.6 Å². The summed E-state index contributed by atoms with van der Waals surface area (Å²) in [5.74, 6) is -0.463. The first-order valence-corrected chi connectivity index (χ1v) is 10.5. The van der Waals surface area contributed by atoms with Crippen molar-refractivity contribution < 1.29 is 32.0 Å². The fourth-order valence-corrected chi connectivity index (χ4v) is 4.34. The molecule has 1 saturated heterocycles. The van der Waals surface area contributed by atoms with Gasteiger partial charge in [0.1, 0.15) is 5.76 Å². The smallest absolute Gasteiger partial charge is 0.310 e. The minimum Gasteiger partial charge on any atom is -0.457 e. The predicted octanol–water partition coefficient (Wildman–Crippen LogP) is 1.28. The summed E-state index contributed by atoms with van der Waals surface area (Å²) >= 11 is 0. The number of esters is 1. The molecule has 3 rings (SSSR count). The number of hydrogen-bond donors (Lipinski definition) is 0. The number of sulfonamides is 1. The van der Waals surface area contributed by atoms with Gasteiger partial charge in [-0.25, -0.2) is 8.42 Å². The molecule has 10 heteroatoms. The van der Waals surface area contributed by atoms with Crippen molar-refractivity contribution in [1.82, 2.24) is 9.46 Å². The van der Waals surface area contributed by atoms with E-state index < -0.39 is 28.4 Å². The highest BCUT2D eigenvalue weighted by Gasteiger charge is 2.26. The highest BCUT2D eigenvalue weighted by Crippen LogP contribution is 2.18. The van der Waals surface area contributed by atoms with Crippen molar-refractivity contribution in [2.75, 3.05) is 32.9 Å². The third kappa shape index (κ3) is 4.89. The largest absolute Gasteiger partial charge is 0.457 e. The molecular weight excluding hydrogens is 400 g/mol. The van der Waals surface area contributed by atoms with Crippen LogP contribution in [0.25, 0.3) is 0 Å². The molecule has 0 amide bonds. The van der Waals surface area contributed by atoms with Crippen LogP contribution >= 0.6 is 0 Å². The van der Waals surface area contributed by atoms with E-state index in [2.05, 4.69) is 5.16 Å². The van der Waals surface area contributed by atoms with Crippen LogP contribution < -0.4 is 0 Å². The van der Waals surface area contributed by atoms with E-state index in [1.54, 1.807) is 13.8 Å². The average Bonchev–Trinajstić information content (AvgIpc) is 3.04. The van der Waals surface area contributed by atoms with Gasteiger partial charge in [0.15, 0.2) is 12.4 Å². The summed E-state index contributed by atoms with van der Waals surface area (Å²) in [5, 5.41) is 3.76. The molecule has 29 heavy (non-hydrogen) atoms. The number of rotatable bonds is 7. The van der Waals surface area contributed by atoms with Crippen molar-refractivity contribution in [3.8, 4) is 0 Å². The highest BCUT2D eigenvalue weighted by atomic mass is 32.2. The minimum absolute atomic E-state index is 0.0365. The minimum atomic E-state index is -3.63. The lowest BCUT2D eigenvalue weighted by atomic mass is 10.1. The third-order valence-electron chi connectivity index (χ3n) is 4.65. The Kier molecular flexibility index (Phi) is 6.46. The number of ether oxygens (including phenoxy) is 2. The lowest BCUT2D eigenvalue weighted by molar-refractivity contribution is -0.141. The molecule has 2 heterocycles. The van der Waals surface area contributed by atoms with E-state index in [9.17, 15) is 18.0 Å². The standard InChI is InChI=1S/C19H22N2O7S/c1-13-17(14(2)28-20-13)11-19(23)27-12-18(22)15-3-5-16(6-4-15)29(24,25)21-7-9-26-10-8-21/h3-6H,7-12H2,1-2H3. The van der Waals surface area contributed by atoms with E-state index >= 15 is 0 Å². The zero-order valence-corrected chi connectivity index (χ0v) is 17.0. The van der Waals surface area contributed by atoms with E-state index in [0.717, 1.165) is 0 Å². The molecule has 0 spiro atoms. The van der Waals surface area contributed by atoms with Crippen molar-refractivity contribution in [1.29, 1.82) is 0 Å². The number of nitrogens with zero attached hydrogens (tertiary/aromatic N) is 2. The molecule has 0 aliphatic carbocycles. The lowest BCUT2D eigenvalue weighted by Gasteiger charge is -2.26. The second kappa shape index (κ2) is 8.85. The van der Waals surface area contributed by atoms with E-state index in [1.807, 2.05) is 0 Å². The van der Waals surface area contributed by atoms with Gasteiger partial charge >= 0.3 is 5.97 Å². The number of ketones is 1. The zero-order chi connectivity index (χ0) is 21.0. The molecule has 0 unspecified atom stereocenters. The Morgan fingerprint density at radius 3 is 2.38 bits per heavy atom. The Balaban J connectivity index is 1.58. The summed E-state index contributed by atoms with van der Waals surface area (Å²) in [6, 6.07) is 5.59. The van der Waals surface area contributed by atoms with Gasteiger partial charge in [0.25, 0.3) is 0 Å². The second-order valence-electron chi connectivity index (χ2n) is 6.60. The maximum Gasteiger partial charge on any atom is 0.310 e. The van der Waals surface area contributed by atoms with E-state index in [0.29, 0.717) is 43.3 Å². The zero-order valence-electron chi connectivity index (χ0n) is 16.2. The maximum atomic E-state index is 12.6. The summed E-state index contributed by atoms with van der Waals surface area (Å²) in [4.78, 5) is 24.3. The van der Waals surface area contributed by atoms with Gasteiger partial charge in [0.2, 0.25) is 10.0 Å². The number of aromatic nitrogens is 1. The molecule has 156 valence electrons. The molecule has 9 nitrogen and oxygen atoms in total. The summed E-state index contributed by atoms with van der Waals surface area (Å²) < 4.78 is 41.7. The number of hydrogen-bond acceptors (Lipinski definition) is 8. The van der Waals surface area contributed by atoms with Crippen molar-refractivity contribution in [3.05, 3.63) is 46.8 Å². The summed E-state index contributed by atoms with van der Waals surface area (Å²) in [5.41, 5.74) is 1.50. The predicted molar refractivity (Wildman–Crippen MR) is 101 cm³/mol. The fourth-order valence-electron chi connectivity index (χ4n) is 2.93. The number of carbonyl (C=O) groups excluding carboxylic acids is 2. The normalized spacial score (nSPS) is 15.2. The van der Waals surface area contributed by atoms with E-state index in [4.69, 9.17) is 14.0 Å². The van der Waals surface area contributed by atoms with Gasteiger partial charge in [0.05, 0.1) is 30.2 Å². The van der Waals surface area contributed by atoms with Crippen molar-refractivity contribution >= 4 is 21.8 Å². The SMILES string of the molecule is Cc1noc(C)c1CC(=O)OCC(=O)c1ccc(S(=O)(=O)N2CCOCC2)cc1. The summed E-state index contributed by atoms with van der Waals surface area (Å²) in [6.45, 7) is 4.28. The van der Waals surface area contributed by atoms with Crippen molar-refractivity contribution in [3.63, 3.8) is 0 Å². The van der Waals surface area contributed by atoms with Crippen molar-refractivity contribution in [2.45, 2.75) is 25.2 Å². The van der Waals surface area contributed by atoms with Crippen LogP contribution in [0.2, 0.25) is 0 Å². The second-order valence-corrected chi connectivity index (χ2v) is 8.54. The number of benzene rings is 1. The molecular formula is C19H22N2O7S. The highest BCUT2D eigenvalue weighted by molar-refractivity contribution is 7.89. The van der Waals surface area contributed by atoms with Gasteiger partial charge < -0.3 is 14.0 Å². The maximum absolute atomic E-state index is 12.6. The quantitative estimate of drug-likeness (QED) is 0.484. The Morgan fingerprint density at radius 2 is 1.79 bits per heavy atom. The van der Waals surface area contributed by atoms with Crippen LogP contribution in [-0.2, 0) is 30.7 Å². The Bertz CT molecular complexity index is 971. The molecule has 1 aromatic carbocycles. The molecule has 1 aliphatic heterocycles. The topological polar surface area (TPSA) is 116 Å². The Hall–Kier alpha value is -2.56. The van der Waals surface area contributed by atoms with Crippen LogP contribution in [0.3, 0.4) is 0 Å². The van der Waals surface area contributed by atoms with Crippen LogP contribution in [0.4, 0.5) is 0 Å². The molecule has 0 N–H and O–H groups in total. The van der Waals surface area contributed by atoms with Gasteiger partial charge in [-0.05, 0) is 38.1 Å². The first kappa shape index (κ1) is 21.2. The Labute approximate surface area is 168 Å². The van der Waals surface area contributed by atoms with Gasteiger partial charge in [-0.1, -0.05) is 5.16 Å². The summed E-state index contributed by atoms with van der Waals surface area (Å²) in [7, 11) is -3.63. The molecule has 1 aliphatic rings. The molecule has 0 bridgehead atoms. The van der Waals surface area contributed by atoms with Crippen molar-refractivity contribution in [2.24, 2.45) is 0 Å². The molecule has 0 atom stereocenters. The van der Waals surface area contributed by atoms with Gasteiger partial charge in [-0.15, -0.1) is 0 Å². The first-order valence-electron chi connectivity index (χ1n) is 9.07. The lowest BCUT2D eigenvalue weighted by Crippen LogP contribution is -2.40. The number of carbonyl (C=O) groups is 2. The fraction of sp³-hybridized carbons (Fsp3) is 0.421. The number of aryl methyl sites for hydroxylation is 2. The molecule has 2 aromatic rings. The molecule has 1 aromatic heterocycles. The summed E-state index contributed by atoms with van der Waals surface area (Å²) in [6.07, 6.45) is -0.0365.